The molecular weight excluding hydrogens is 172 g/mol. The molecule has 2 nitrogen and oxygen atoms in total. The molecule has 0 aliphatic heterocycles. The van der Waals surface area contributed by atoms with Gasteiger partial charge in [0, 0.05) is 11.0 Å². The average molecular weight is 188 g/mol. The lowest BCUT2D eigenvalue weighted by molar-refractivity contribution is -0.141. The molecule has 0 amide bonds. The minimum Gasteiger partial charge on any atom is -0.462 e. The molecule has 3 heteroatoms. The maximum Gasteiger partial charge on any atom is 0.333 e. The normalized spacial score (nSPS) is 11.0. The van der Waals surface area contributed by atoms with Crippen molar-refractivity contribution in [1.29, 1.82) is 0 Å². The lowest BCUT2D eigenvalue weighted by Crippen LogP contribution is -2.23. The van der Waals surface area contributed by atoms with Crippen LogP contribution >= 0.6 is 12.6 Å². The van der Waals surface area contributed by atoms with Gasteiger partial charge in [0.15, 0.2) is 0 Å². The predicted molar refractivity (Wildman–Crippen MR) is 53.4 cm³/mol. The molecule has 0 aliphatic rings. The number of ether oxygens (including phenoxy) is 1. The molecule has 0 aromatic carbocycles. The SMILES string of the molecule is C=C(C)C(=O)OCC(C)(C)CS. The zero-order chi connectivity index (χ0) is 9.78. The smallest absolute Gasteiger partial charge is 0.333 e. The number of thiol groups is 1. The molecule has 0 aromatic rings. The van der Waals surface area contributed by atoms with E-state index < -0.39 is 0 Å². The third kappa shape index (κ3) is 4.44. The Balaban J connectivity index is 3.83. The highest BCUT2D eigenvalue weighted by atomic mass is 32.1. The monoisotopic (exact) mass is 188 g/mol. The van der Waals surface area contributed by atoms with Crippen LogP contribution in [0.25, 0.3) is 0 Å². The summed E-state index contributed by atoms with van der Waals surface area (Å²) in [5.41, 5.74) is 0.374. The predicted octanol–water partition coefficient (Wildman–Crippen LogP) is 2.06. The zero-order valence-corrected chi connectivity index (χ0v) is 8.78. The van der Waals surface area contributed by atoms with Crippen LogP contribution in [0.2, 0.25) is 0 Å². The van der Waals surface area contributed by atoms with Gasteiger partial charge in [0.25, 0.3) is 0 Å². The molecule has 0 saturated heterocycles. The third-order valence-corrected chi connectivity index (χ3v) is 2.23. The second-order valence-corrected chi connectivity index (χ2v) is 4.00. The summed E-state index contributed by atoms with van der Waals surface area (Å²) < 4.78 is 4.97. The first-order valence-corrected chi connectivity index (χ1v) is 4.46. The van der Waals surface area contributed by atoms with Crippen molar-refractivity contribution in [2.24, 2.45) is 5.41 Å². The van der Waals surface area contributed by atoms with Crippen LogP contribution in [0.15, 0.2) is 12.2 Å². The Kier molecular flexibility index (Phi) is 4.39. The van der Waals surface area contributed by atoms with Gasteiger partial charge >= 0.3 is 5.97 Å². The molecule has 0 saturated carbocycles. The van der Waals surface area contributed by atoms with E-state index in [1.165, 1.54) is 0 Å². The fourth-order valence-electron chi connectivity index (χ4n) is 0.430. The van der Waals surface area contributed by atoms with E-state index in [2.05, 4.69) is 19.2 Å². The molecule has 70 valence electrons. The van der Waals surface area contributed by atoms with Crippen LogP contribution in [0.5, 0.6) is 0 Å². The van der Waals surface area contributed by atoms with Crippen LogP contribution in [-0.2, 0) is 9.53 Å². The van der Waals surface area contributed by atoms with Crippen LogP contribution in [0.4, 0.5) is 0 Å². The van der Waals surface area contributed by atoms with Gasteiger partial charge in [-0.15, -0.1) is 0 Å². The van der Waals surface area contributed by atoms with Gasteiger partial charge in [0.2, 0.25) is 0 Å². The van der Waals surface area contributed by atoms with Gasteiger partial charge in [-0.2, -0.15) is 12.6 Å². The van der Waals surface area contributed by atoms with E-state index in [0.717, 1.165) is 0 Å². The Morgan fingerprint density at radius 2 is 2.08 bits per heavy atom. The lowest BCUT2D eigenvalue weighted by Gasteiger charge is -2.21. The Morgan fingerprint density at radius 3 is 2.42 bits per heavy atom. The van der Waals surface area contributed by atoms with Crippen molar-refractivity contribution in [2.45, 2.75) is 20.8 Å². The number of esters is 1. The Hall–Kier alpha value is -0.440. The lowest BCUT2D eigenvalue weighted by atomic mass is 9.98. The first kappa shape index (κ1) is 11.6. The molecule has 0 heterocycles. The minimum atomic E-state index is -0.329. The molecule has 0 spiro atoms. The summed E-state index contributed by atoms with van der Waals surface area (Å²) in [6.07, 6.45) is 0. The summed E-state index contributed by atoms with van der Waals surface area (Å²) >= 11 is 4.14. The van der Waals surface area contributed by atoms with Gasteiger partial charge in [-0.1, -0.05) is 20.4 Å². The fraction of sp³-hybridized carbons (Fsp3) is 0.667. The number of hydrogen-bond donors (Lipinski definition) is 1. The molecule has 12 heavy (non-hydrogen) atoms. The van der Waals surface area contributed by atoms with Crippen LogP contribution < -0.4 is 0 Å². The van der Waals surface area contributed by atoms with E-state index in [0.29, 0.717) is 17.9 Å². The van der Waals surface area contributed by atoms with E-state index in [-0.39, 0.29) is 11.4 Å². The molecule has 0 rings (SSSR count). The summed E-state index contributed by atoms with van der Waals surface area (Å²) in [6.45, 7) is 9.50. The molecule has 0 atom stereocenters. The molecule has 0 aliphatic carbocycles. The van der Waals surface area contributed by atoms with Gasteiger partial charge in [-0.05, 0) is 12.7 Å². The number of rotatable bonds is 4. The highest BCUT2D eigenvalue weighted by Crippen LogP contribution is 2.17. The first-order valence-electron chi connectivity index (χ1n) is 3.82. The quantitative estimate of drug-likeness (QED) is 0.415. The van der Waals surface area contributed by atoms with Crippen molar-refractivity contribution in [3.05, 3.63) is 12.2 Å². The Labute approximate surface area is 79.4 Å². The summed E-state index contributed by atoms with van der Waals surface area (Å²) in [6, 6.07) is 0. The summed E-state index contributed by atoms with van der Waals surface area (Å²) in [7, 11) is 0. The second-order valence-electron chi connectivity index (χ2n) is 3.68. The highest BCUT2D eigenvalue weighted by molar-refractivity contribution is 7.80. The van der Waals surface area contributed by atoms with Crippen molar-refractivity contribution in [1.82, 2.24) is 0 Å². The van der Waals surface area contributed by atoms with Crippen molar-refractivity contribution >= 4 is 18.6 Å². The van der Waals surface area contributed by atoms with Gasteiger partial charge in [0.1, 0.15) is 0 Å². The first-order chi connectivity index (χ1) is 5.39. The van der Waals surface area contributed by atoms with Gasteiger partial charge in [-0.25, -0.2) is 4.79 Å². The van der Waals surface area contributed by atoms with Crippen molar-refractivity contribution < 1.29 is 9.53 Å². The van der Waals surface area contributed by atoms with Gasteiger partial charge in [0.05, 0.1) is 6.61 Å². The zero-order valence-electron chi connectivity index (χ0n) is 7.89. The molecule has 0 unspecified atom stereocenters. The van der Waals surface area contributed by atoms with E-state index in [1.54, 1.807) is 6.92 Å². The summed E-state index contributed by atoms with van der Waals surface area (Å²) in [5.74, 6) is 0.362. The molecule has 0 bridgehead atoms. The Morgan fingerprint density at radius 1 is 1.58 bits per heavy atom. The third-order valence-electron chi connectivity index (χ3n) is 1.37. The average Bonchev–Trinajstić information content (AvgIpc) is 2.00. The van der Waals surface area contributed by atoms with E-state index in [9.17, 15) is 4.79 Å². The van der Waals surface area contributed by atoms with Crippen molar-refractivity contribution in [3.8, 4) is 0 Å². The number of carbonyl (C=O) groups is 1. The number of carbonyl (C=O) groups excluding carboxylic acids is 1. The second kappa shape index (κ2) is 4.55. The van der Waals surface area contributed by atoms with Crippen LogP contribution in [-0.4, -0.2) is 18.3 Å². The van der Waals surface area contributed by atoms with Crippen molar-refractivity contribution in [3.63, 3.8) is 0 Å². The van der Waals surface area contributed by atoms with Crippen LogP contribution in [0.3, 0.4) is 0 Å². The molecule has 0 N–H and O–H groups in total. The largest absolute Gasteiger partial charge is 0.462 e. The van der Waals surface area contributed by atoms with E-state index >= 15 is 0 Å². The topological polar surface area (TPSA) is 26.3 Å². The van der Waals surface area contributed by atoms with Crippen LogP contribution in [0, 0.1) is 5.41 Å². The molecule has 0 aromatic heterocycles. The number of hydrogen-bond acceptors (Lipinski definition) is 3. The molecular formula is C9H16O2S. The minimum absolute atomic E-state index is 0.0613. The fourth-order valence-corrected chi connectivity index (χ4v) is 0.521. The highest BCUT2D eigenvalue weighted by Gasteiger charge is 2.18. The summed E-state index contributed by atoms with van der Waals surface area (Å²) in [4.78, 5) is 11.0. The standard InChI is InChI=1S/C9H16O2S/c1-7(2)8(10)11-5-9(3,4)6-12/h12H,1,5-6H2,2-4H3. The molecule has 0 radical (unpaired) electrons. The van der Waals surface area contributed by atoms with E-state index in [4.69, 9.17) is 4.74 Å². The summed E-state index contributed by atoms with van der Waals surface area (Å²) in [5, 5.41) is 0. The maximum atomic E-state index is 11.0. The Bertz CT molecular complexity index is 185. The molecule has 0 fully saturated rings. The van der Waals surface area contributed by atoms with Gasteiger partial charge in [-0.3, -0.25) is 0 Å². The van der Waals surface area contributed by atoms with Crippen LogP contribution in [0.1, 0.15) is 20.8 Å². The van der Waals surface area contributed by atoms with Gasteiger partial charge < -0.3 is 4.74 Å². The van der Waals surface area contributed by atoms with Crippen molar-refractivity contribution in [2.75, 3.05) is 12.4 Å². The maximum absolute atomic E-state index is 11.0. The van der Waals surface area contributed by atoms with E-state index in [1.807, 2.05) is 13.8 Å².